The molecule has 20 heavy (non-hydrogen) atoms. The minimum atomic E-state index is 0.856. The number of aromatic nitrogens is 4. The maximum absolute atomic E-state index is 4.63. The molecule has 1 aromatic carbocycles. The number of thioether (sulfide) groups is 1. The van der Waals surface area contributed by atoms with Crippen molar-refractivity contribution in [2.75, 3.05) is 5.75 Å². The monoisotopic (exact) mass is 368 g/mol. The summed E-state index contributed by atoms with van der Waals surface area (Å²) in [7, 11) is 0. The molecular formula is C13H13BrN4S2. The van der Waals surface area contributed by atoms with Gasteiger partial charge in [0, 0.05) is 10.0 Å². The van der Waals surface area contributed by atoms with Crippen LogP contribution in [0.25, 0.3) is 15.5 Å². The van der Waals surface area contributed by atoms with Crippen LogP contribution in [-0.4, -0.2) is 25.6 Å². The third-order valence-electron chi connectivity index (χ3n) is 2.73. The zero-order valence-corrected chi connectivity index (χ0v) is 14.1. The number of benzene rings is 1. The van der Waals surface area contributed by atoms with E-state index in [-0.39, 0.29) is 0 Å². The van der Waals surface area contributed by atoms with E-state index in [9.17, 15) is 0 Å². The fourth-order valence-electron chi connectivity index (χ4n) is 1.76. The third kappa shape index (κ3) is 2.89. The van der Waals surface area contributed by atoms with Crippen LogP contribution in [0.3, 0.4) is 0 Å². The Morgan fingerprint density at radius 2 is 2.05 bits per heavy atom. The van der Waals surface area contributed by atoms with Gasteiger partial charge in [-0.1, -0.05) is 46.3 Å². The molecule has 3 aromatic rings. The summed E-state index contributed by atoms with van der Waals surface area (Å²) in [5, 5.41) is 14.0. The first-order valence-electron chi connectivity index (χ1n) is 6.32. The van der Waals surface area contributed by atoms with Crippen molar-refractivity contribution in [2.45, 2.75) is 19.1 Å². The lowest BCUT2D eigenvalue weighted by molar-refractivity contribution is 0.887. The van der Waals surface area contributed by atoms with Gasteiger partial charge in [0.1, 0.15) is 5.01 Å². The lowest BCUT2D eigenvalue weighted by Gasteiger charge is -1.97. The summed E-state index contributed by atoms with van der Waals surface area (Å²) in [6.07, 6.45) is 1.17. The van der Waals surface area contributed by atoms with Crippen molar-refractivity contribution in [2.24, 2.45) is 0 Å². The summed E-state index contributed by atoms with van der Waals surface area (Å²) in [4.78, 5) is 0.856. The molecule has 0 atom stereocenters. The molecule has 0 fully saturated rings. The van der Waals surface area contributed by atoms with Crippen LogP contribution >= 0.6 is 39.0 Å². The summed E-state index contributed by atoms with van der Waals surface area (Å²) >= 11 is 6.88. The second kappa shape index (κ2) is 6.24. The normalized spacial score (nSPS) is 11.3. The van der Waals surface area contributed by atoms with Crippen LogP contribution in [0.5, 0.6) is 0 Å². The van der Waals surface area contributed by atoms with E-state index in [4.69, 9.17) is 0 Å². The molecule has 7 heteroatoms. The van der Waals surface area contributed by atoms with Gasteiger partial charge >= 0.3 is 0 Å². The molecule has 4 nitrogen and oxygen atoms in total. The van der Waals surface area contributed by atoms with Crippen LogP contribution < -0.4 is 0 Å². The molecule has 0 N–H and O–H groups in total. The van der Waals surface area contributed by atoms with Gasteiger partial charge in [-0.2, -0.15) is 21.4 Å². The predicted molar refractivity (Wildman–Crippen MR) is 88.2 cm³/mol. The van der Waals surface area contributed by atoms with E-state index >= 15 is 0 Å². The van der Waals surface area contributed by atoms with Gasteiger partial charge in [-0.25, -0.2) is 0 Å². The van der Waals surface area contributed by atoms with Crippen LogP contribution in [0.4, 0.5) is 0 Å². The minimum absolute atomic E-state index is 0.856. The topological polar surface area (TPSA) is 43.1 Å². The quantitative estimate of drug-likeness (QED) is 0.631. The number of rotatable bonds is 5. The Kier molecular flexibility index (Phi) is 4.38. The van der Waals surface area contributed by atoms with Gasteiger partial charge in [0.2, 0.25) is 4.96 Å². The second-order valence-corrected chi connectivity index (χ2v) is 7.25. The molecule has 0 radical (unpaired) electrons. The number of halogens is 1. The van der Waals surface area contributed by atoms with E-state index in [1.54, 1.807) is 11.3 Å². The van der Waals surface area contributed by atoms with E-state index in [0.717, 1.165) is 37.3 Å². The first-order chi connectivity index (χ1) is 9.78. The van der Waals surface area contributed by atoms with Gasteiger partial charge in [0.15, 0.2) is 5.82 Å². The Balaban J connectivity index is 1.89. The molecule has 0 aliphatic carbocycles. The maximum Gasteiger partial charge on any atom is 0.235 e. The first kappa shape index (κ1) is 14.0. The van der Waals surface area contributed by atoms with Gasteiger partial charge in [0.25, 0.3) is 0 Å². The van der Waals surface area contributed by atoms with Gasteiger partial charge < -0.3 is 0 Å². The highest BCUT2D eigenvalue weighted by molar-refractivity contribution is 9.10. The summed E-state index contributed by atoms with van der Waals surface area (Å²) in [6.45, 7) is 2.18. The molecule has 2 heterocycles. The zero-order valence-electron chi connectivity index (χ0n) is 10.9. The summed E-state index contributed by atoms with van der Waals surface area (Å²) in [6, 6.07) is 8.16. The summed E-state index contributed by atoms with van der Waals surface area (Å²) < 4.78 is 2.94. The van der Waals surface area contributed by atoms with Gasteiger partial charge in [-0.05, 0) is 24.3 Å². The Morgan fingerprint density at radius 1 is 1.25 bits per heavy atom. The average molecular weight is 369 g/mol. The maximum atomic E-state index is 4.63. The molecule has 0 bridgehead atoms. The van der Waals surface area contributed by atoms with Crippen LogP contribution in [-0.2, 0) is 5.75 Å². The van der Waals surface area contributed by atoms with Crippen molar-refractivity contribution in [3.63, 3.8) is 0 Å². The van der Waals surface area contributed by atoms with Crippen molar-refractivity contribution < 1.29 is 0 Å². The number of hydrogen-bond acceptors (Lipinski definition) is 5. The van der Waals surface area contributed by atoms with Crippen molar-refractivity contribution >= 4 is 44.0 Å². The molecule has 0 spiro atoms. The molecule has 0 aliphatic heterocycles. The minimum Gasteiger partial charge on any atom is -0.186 e. The summed E-state index contributed by atoms with van der Waals surface area (Å²) in [5.74, 6) is 2.93. The molecule has 0 amide bonds. The van der Waals surface area contributed by atoms with Crippen LogP contribution in [0.1, 0.15) is 19.2 Å². The van der Waals surface area contributed by atoms with E-state index in [1.807, 2.05) is 28.4 Å². The highest BCUT2D eigenvalue weighted by Gasteiger charge is 2.12. The van der Waals surface area contributed by atoms with Crippen molar-refractivity contribution in [1.82, 2.24) is 19.8 Å². The van der Waals surface area contributed by atoms with E-state index in [2.05, 4.69) is 50.3 Å². The van der Waals surface area contributed by atoms with Crippen LogP contribution in [0.15, 0.2) is 28.7 Å². The highest BCUT2D eigenvalue weighted by Crippen LogP contribution is 2.27. The number of nitrogens with zero attached hydrogens (tertiary/aromatic N) is 4. The number of hydrogen-bond donors (Lipinski definition) is 0. The Hall–Kier alpha value is -0.920. The van der Waals surface area contributed by atoms with Crippen molar-refractivity contribution in [1.29, 1.82) is 0 Å². The van der Waals surface area contributed by atoms with E-state index in [1.165, 1.54) is 6.42 Å². The second-order valence-electron chi connectivity index (χ2n) is 4.28. The zero-order chi connectivity index (χ0) is 13.9. The van der Waals surface area contributed by atoms with Gasteiger partial charge in [0.05, 0.1) is 5.75 Å². The fraction of sp³-hybridized carbons (Fsp3) is 0.308. The average Bonchev–Trinajstić information content (AvgIpc) is 3.01. The molecule has 0 saturated carbocycles. The van der Waals surface area contributed by atoms with E-state index < -0.39 is 0 Å². The Bertz CT molecular complexity index is 705. The lowest BCUT2D eigenvalue weighted by atomic mass is 10.2. The fourth-order valence-corrected chi connectivity index (χ4v) is 3.69. The van der Waals surface area contributed by atoms with Crippen molar-refractivity contribution in [3.8, 4) is 10.6 Å². The molecular weight excluding hydrogens is 356 g/mol. The van der Waals surface area contributed by atoms with Gasteiger partial charge in [-0.15, -0.1) is 10.2 Å². The third-order valence-corrected chi connectivity index (χ3v) is 5.36. The van der Waals surface area contributed by atoms with Gasteiger partial charge in [-0.3, -0.25) is 0 Å². The largest absolute Gasteiger partial charge is 0.235 e. The Morgan fingerprint density at radius 3 is 2.80 bits per heavy atom. The summed E-state index contributed by atoms with van der Waals surface area (Å²) in [5.41, 5.74) is 1.11. The van der Waals surface area contributed by atoms with Crippen LogP contribution in [0.2, 0.25) is 0 Å². The first-order valence-corrected chi connectivity index (χ1v) is 9.09. The van der Waals surface area contributed by atoms with Crippen LogP contribution in [0, 0.1) is 0 Å². The predicted octanol–water partition coefficient (Wildman–Crippen LogP) is 4.26. The lowest BCUT2D eigenvalue weighted by Crippen LogP contribution is -1.94. The molecule has 3 rings (SSSR count). The van der Waals surface area contributed by atoms with Crippen molar-refractivity contribution in [3.05, 3.63) is 34.6 Å². The SMILES string of the molecule is CCCSCc1nnc2sc(-c3ccc(Br)cc3)nn12. The molecule has 0 unspecified atom stereocenters. The van der Waals surface area contributed by atoms with E-state index in [0.29, 0.717) is 0 Å². The molecule has 104 valence electrons. The Labute approximate surface area is 133 Å². The smallest absolute Gasteiger partial charge is 0.186 e. The highest BCUT2D eigenvalue weighted by atomic mass is 79.9. The standard InChI is InChI=1S/C13H13BrN4S2/c1-2-7-19-8-11-15-16-13-18(11)17-12(20-13)9-3-5-10(14)6-4-9/h3-6H,2,7-8H2,1H3. The molecule has 0 aliphatic rings. The number of fused-ring (bicyclic) bond motifs is 1. The molecule has 2 aromatic heterocycles. The molecule has 0 saturated heterocycles.